The van der Waals surface area contributed by atoms with E-state index in [0.717, 1.165) is 11.1 Å². The zero-order valence-electron chi connectivity index (χ0n) is 17.6. The number of hydrogen-bond donors (Lipinski definition) is 1. The third kappa shape index (κ3) is 4.31. The Morgan fingerprint density at radius 1 is 0.939 bits per heavy atom. The molecule has 0 saturated carbocycles. The molecule has 9 heteroatoms. The van der Waals surface area contributed by atoms with E-state index in [1.165, 1.54) is 6.20 Å². The Balaban J connectivity index is 1.58. The van der Waals surface area contributed by atoms with Crippen LogP contribution >= 0.6 is 0 Å². The van der Waals surface area contributed by atoms with Crippen molar-refractivity contribution in [2.75, 3.05) is 4.72 Å². The minimum Gasteiger partial charge on any atom is -0.289 e. The van der Waals surface area contributed by atoms with E-state index in [2.05, 4.69) is 19.8 Å². The fourth-order valence-electron chi connectivity index (χ4n) is 3.71. The van der Waals surface area contributed by atoms with E-state index in [0.29, 0.717) is 27.2 Å². The Morgan fingerprint density at radius 2 is 1.79 bits per heavy atom. The van der Waals surface area contributed by atoms with E-state index in [-0.39, 0.29) is 17.0 Å². The molecule has 0 atom stereocenters. The molecule has 0 fully saturated rings. The van der Waals surface area contributed by atoms with Crippen LogP contribution in [0.25, 0.3) is 32.8 Å². The van der Waals surface area contributed by atoms with Gasteiger partial charge in [0.2, 0.25) is 10.0 Å². The van der Waals surface area contributed by atoms with Gasteiger partial charge in [-0.05, 0) is 41.3 Å². The molecule has 5 rings (SSSR count). The van der Waals surface area contributed by atoms with Crippen LogP contribution in [-0.2, 0) is 22.8 Å². The summed E-state index contributed by atoms with van der Waals surface area (Å²) in [5.41, 5.74) is 2.49. The number of sulfonamides is 1. The standard InChI is InChI=1S/C24H19N5O3S/c1-29-14-19(13-27-29)18-11-21-22(26-12-18)8-7-17-6-5-16(10-20(17)24(21)30)15-33(31,32)28-23-4-2-3-9-25-23/h2-14H,15H2,1H3,(H,25,28). The van der Waals surface area contributed by atoms with Gasteiger partial charge in [-0.15, -0.1) is 0 Å². The van der Waals surface area contributed by atoms with Crippen molar-refractivity contribution in [2.24, 2.45) is 7.05 Å². The molecule has 3 heterocycles. The van der Waals surface area contributed by atoms with Crippen LogP contribution in [0.1, 0.15) is 5.56 Å². The monoisotopic (exact) mass is 457 g/mol. The van der Waals surface area contributed by atoms with E-state index >= 15 is 0 Å². The van der Waals surface area contributed by atoms with Crippen LogP contribution in [0.15, 0.2) is 84.2 Å². The fourth-order valence-corrected chi connectivity index (χ4v) is 4.84. The number of aromatic nitrogens is 4. The Kier molecular flexibility index (Phi) is 5.10. The summed E-state index contributed by atoms with van der Waals surface area (Å²) in [6, 6.07) is 15.5. The summed E-state index contributed by atoms with van der Waals surface area (Å²) >= 11 is 0. The first kappa shape index (κ1) is 20.8. The lowest BCUT2D eigenvalue weighted by molar-refractivity contribution is 0.600. The molecule has 0 aliphatic heterocycles. The smallest absolute Gasteiger partial charge is 0.238 e. The second-order valence-electron chi connectivity index (χ2n) is 7.72. The Labute approximate surface area is 189 Å². The number of aryl methyl sites for hydroxylation is 1. The minimum atomic E-state index is -3.71. The highest BCUT2D eigenvalue weighted by atomic mass is 32.2. The van der Waals surface area contributed by atoms with E-state index in [1.54, 1.807) is 65.6 Å². The zero-order valence-corrected chi connectivity index (χ0v) is 18.5. The molecule has 3 aromatic heterocycles. The van der Waals surface area contributed by atoms with Crippen LogP contribution in [0.3, 0.4) is 0 Å². The number of nitrogens with zero attached hydrogens (tertiary/aromatic N) is 4. The lowest BCUT2D eigenvalue weighted by Crippen LogP contribution is -2.16. The molecular formula is C24H19N5O3S. The van der Waals surface area contributed by atoms with Crippen LogP contribution in [0.5, 0.6) is 0 Å². The molecule has 1 N–H and O–H groups in total. The highest BCUT2D eigenvalue weighted by Gasteiger charge is 2.14. The molecule has 0 spiro atoms. The lowest BCUT2D eigenvalue weighted by Gasteiger charge is -2.07. The van der Waals surface area contributed by atoms with Gasteiger partial charge in [-0.1, -0.05) is 24.3 Å². The van der Waals surface area contributed by atoms with Crippen LogP contribution in [0, 0.1) is 0 Å². The van der Waals surface area contributed by atoms with Crippen molar-refractivity contribution in [2.45, 2.75) is 5.75 Å². The van der Waals surface area contributed by atoms with Gasteiger partial charge in [0.1, 0.15) is 5.82 Å². The number of fused-ring (bicyclic) bond motifs is 2. The molecule has 0 aliphatic carbocycles. The van der Waals surface area contributed by atoms with Crippen molar-refractivity contribution in [1.29, 1.82) is 0 Å². The van der Waals surface area contributed by atoms with Gasteiger partial charge in [0, 0.05) is 47.5 Å². The van der Waals surface area contributed by atoms with Crippen molar-refractivity contribution in [3.8, 4) is 11.1 Å². The summed E-state index contributed by atoms with van der Waals surface area (Å²) in [7, 11) is -1.88. The van der Waals surface area contributed by atoms with Gasteiger partial charge < -0.3 is 0 Å². The molecular weight excluding hydrogens is 438 g/mol. The molecule has 5 aromatic rings. The van der Waals surface area contributed by atoms with Crippen LogP contribution in [-0.4, -0.2) is 28.2 Å². The minimum absolute atomic E-state index is 0.208. The third-order valence-electron chi connectivity index (χ3n) is 5.27. The lowest BCUT2D eigenvalue weighted by atomic mass is 10.1. The topological polar surface area (TPSA) is 107 Å². The van der Waals surface area contributed by atoms with Crippen LogP contribution in [0.4, 0.5) is 5.82 Å². The zero-order chi connectivity index (χ0) is 23.0. The predicted octanol–water partition coefficient (Wildman–Crippen LogP) is 3.49. The van der Waals surface area contributed by atoms with Gasteiger partial charge in [0.25, 0.3) is 0 Å². The normalized spacial score (nSPS) is 11.7. The number of nitrogens with one attached hydrogen (secondary N) is 1. The van der Waals surface area contributed by atoms with E-state index in [4.69, 9.17) is 0 Å². The summed E-state index contributed by atoms with van der Waals surface area (Å²) in [4.78, 5) is 21.9. The number of hydrogen-bond acceptors (Lipinski definition) is 6. The van der Waals surface area contributed by atoms with Crippen molar-refractivity contribution in [3.05, 3.63) is 95.2 Å². The maximum absolute atomic E-state index is 13.4. The number of anilines is 1. The summed E-state index contributed by atoms with van der Waals surface area (Å²) in [6.07, 6.45) is 6.79. The molecule has 0 unspecified atom stereocenters. The van der Waals surface area contributed by atoms with Gasteiger partial charge in [-0.2, -0.15) is 5.10 Å². The molecule has 33 heavy (non-hydrogen) atoms. The maximum atomic E-state index is 13.4. The van der Waals surface area contributed by atoms with E-state index in [9.17, 15) is 13.2 Å². The SMILES string of the molecule is Cn1cc(-c2cnc3ccc4ccc(CS(=O)(=O)Nc5ccccn5)cc4c(=O)c3c2)cn1. The first-order chi connectivity index (χ1) is 15.9. The fraction of sp³-hybridized carbons (Fsp3) is 0.0833. The Morgan fingerprint density at radius 3 is 2.55 bits per heavy atom. The van der Waals surface area contributed by atoms with Crippen molar-refractivity contribution < 1.29 is 8.42 Å². The molecule has 164 valence electrons. The van der Waals surface area contributed by atoms with E-state index < -0.39 is 10.0 Å². The molecule has 2 aromatic carbocycles. The first-order valence-electron chi connectivity index (χ1n) is 10.1. The van der Waals surface area contributed by atoms with Gasteiger partial charge in [0.05, 0.1) is 17.5 Å². The van der Waals surface area contributed by atoms with Crippen molar-refractivity contribution in [3.63, 3.8) is 0 Å². The third-order valence-corrected chi connectivity index (χ3v) is 6.50. The number of rotatable bonds is 5. The highest BCUT2D eigenvalue weighted by Crippen LogP contribution is 2.22. The molecule has 0 saturated heterocycles. The second kappa shape index (κ2) is 8.10. The molecule has 0 aliphatic rings. The average molecular weight is 458 g/mol. The van der Waals surface area contributed by atoms with Crippen LogP contribution in [0.2, 0.25) is 0 Å². The van der Waals surface area contributed by atoms with Gasteiger partial charge >= 0.3 is 0 Å². The second-order valence-corrected chi connectivity index (χ2v) is 9.44. The summed E-state index contributed by atoms with van der Waals surface area (Å²) < 4.78 is 29.4. The largest absolute Gasteiger partial charge is 0.289 e. The van der Waals surface area contributed by atoms with Crippen LogP contribution < -0.4 is 10.2 Å². The molecule has 0 bridgehead atoms. The Bertz CT molecular complexity index is 1670. The Hall–Kier alpha value is -4.11. The van der Waals surface area contributed by atoms with Gasteiger partial charge in [-0.3, -0.25) is 19.2 Å². The quantitative estimate of drug-likeness (QED) is 0.433. The van der Waals surface area contributed by atoms with E-state index in [1.807, 2.05) is 19.3 Å². The first-order valence-corrected chi connectivity index (χ1v) is 11.8. The maximum Gasteiger partial charge on any atom is 0.238 e. The molecule has 0 radical (unpaired) electrons. The van der Waals surface area contributed by atoms with Gasteiger partial charge in [-0.25, -0.2) is 13.4 Å². The number of pyridine rings is 2. The highest BCUT2D eigenvalue weighted by molar-refractivity contribution is 7.91. The molecule has 8 nitrogen and oxygen atoms in total. The van der Waals surface area contributed by atoms with Crippen molar-refractivity contribution in [1.82, 2.24) is 19.7 Å². The molecule has 0 amide bonds. The summed E-state index contributed by atoms with van der Waals surface area (Å²) in [5, 5.41) is 5.77. The van der Waals surface area contributed by atoms with Gasteiger partial charge in [0.15, 0.2) is 5.43 Å². The summed E-state index contributed by atoms with van der Waals surface area (Å²) in [5.74, 6) is -0.0384. The number of benzene rings is 1. The van der Waals surface area contributed by atoms with Crippen molar-refractivity contribution >= 4 is 37.5 Å². The average Bonchev–Trinajstić information content (AvgIpc) is 3.18. The summed E-state index contributed by atoms with van der Waals surface area (Å²) in [6.45, 7) is 0. The predicted molar refractivity (Wildman–Crippen MR) is 128 cm³/mol.